The summed E-state index contributed by atoms with van der Waals surface area (Å²) in [6.45, 7) is 4.01. The second-order valence-corrected chi connectivity index (χ2v) is 8.91. The molecule has 1 aliphatic carbocycles. The molecule has 0 bridgehead atoms. The summed E-state index contributed by atoms with van der Waals surface area (Å²) in [5, 5.41) is 14.4. The van der Waals surface area contributed by atoms with E-state index in [-0.39, 0.29) is 29.7 Å². The number of aromatic carboxylic acids is 1. The SMILES string of the molecule is CC(C)CC(NC(=O)OCC1c2ccccc2-c2ccccc21)C(=O)Nc1cncc(C(=O)O)c1. The molecule has 2 aromatic carbocycles. The number of fused-ring (bicyclic) bond motifs is 3. The number of ether oxygens (including phenoxy) is 1. The van der Waals surface area contributed by atoms with Crippen molar-refractivity contribution in [2.24, 2.45) is 5.92 Å². The number of carbonyl (C=O) groups is 3. The minimum absolute atomic E-state index is 0.0484. The predicted molar refractivity (Wildman–Crippen MR) is 131 cm³/mol. The number of rotatable bonds is 8. The minimum Gasteiger partial charge on any atom is -0.478 e. The van der Waals surface area contributed by atoms with Gasteiger partial charge in [0.1, 0.15) is 12.6 Å². The first kappa shape index (κ1) is 23.9. The molecular weight excluding hydrogens is 446 g/mol. The summed E-state index contributed by atoms with van der Waals surface area (Å²) in [6, 6.07) is 16.6. The van der Waals surface area contributed by atoms with E-state index >= 15 is 0 Å². The van der Waals surface area contributed by atoms with Gasteiger partial charge in [-0.2, -0.15) is 0 Å². The van der Waals surface area contributed by atoms with Gasteiger partial charge in [-0.25, -0.2) is 9.59 Å². The van der Waals surface area contributed by atoms with E-state index in [1.54, 1.807) is 0 Å². The molecule has 0 saturated heterocycles. The molecule has 1 aromatic heterocycles. The number of hydrogen-bond acceptors (Lipinski definition) is 5. The van der Waals surface area contributed by atoms with Gasteiger partial charge >= 0.3 is 12.1 Å². The van der Waals surface area contributed by atoms with Crippen LogP contribution < -0.4 is 10.6 Å². The molecule has 3 aromatic rings. The van der Waals surface area contributed by atoms with Crippen molar-refractivity contribution in [3.8, 4) is 11.1 Å². The molecule has 8 nitrogen and oxygen atoms in total. The molecule has 180 valence electrons. The quantitative estimate of drug-likeness (QED) is 0.438. The van der Waals surface area contributed by atoms with Gasteiger partial charge in [0.25, 0.3) is 0 Å². The number of hydrogen-bond donors (Lipinski definition) is 3. The lowest BCUT2D eigenvalue weighted by Gasteiger charge is -2.21. The number of pyridine rings is 1. The number of carboxylic acid groups (broad SMARTS) is 1. The standard InChI is InChI=1S/C27H27N3O5/c1-16(2)11-24(25(31)29-18-12-17(26(32)33)13-28-14-18)30-27(34)35-15-23-21-9-5-3-7-19(21)20-8-4-6-10-22(20)23/h3-10,12-14,16,23-24H,11,15H2,1-2H3,(H,29,31)(H,30,34)(H,32,33). The van der Waals surface area contributed by atoms with Gasteiger partial charge < -0.3 is 20.5 Å². The van der Waals surface area contributed by atoms with Crippen molar-refractivity contribution in [1.29, 1.82) is 0 Å². The third-order valence-electron chi connectivity index (χ3n) is 5.91. The molecule has 0 radical (unpaired) electrons. The summed E-state index contributed by atoms with van der Waals surface area (Å²) < 4.78 is 5.58. The summed E-state index contributed by atoms with van der Waals surface area (Å²) in [4.78, 5) is 40.6. The lowest BCUT2D eigenvalue weighted by Crippen LogP contribution is -2.45. The fourth-order valence-electron chi connectivity index (χ4n) is 4.34. The van der Waals surface area contributed by atoms with E-state index < -0.39 is 24.0 Å². The van der Waals surface area contributed by atoms with E-state index in [2.05, 4.69) is 27.8 Å². The molecule has 1 atom stereocenters. The highest BCUT2D eigenvalue weighted by Gasteiger charge is 2.30. The number of amides is 2. The Kier molecular flexibility index (Phi) is 7.10. The van der Waals surface area contributed by atoms with Crippen LogP contribution in [0, 0.1) is 5.92 Å². The van der Waals surface area contributed by atoms with Gasteiger partial charge in [0.15, 0.2) is 0 Å². The van der Waals surface area contributed by atoms with Crippen LogP contribution in [0.15, 0.2) is 67.0 Å². The molecular formula is C27H27N3O5. The largest absolute Gasteiger partial charge is 0.478 e. The van der Waals surface area contributed by atoms with Gasteiger partial charge in [0.2, 0.25) is 5.91 Å². The Bertz CT molecular complexity index is 1210. The van der Waals surface area contributed by atoms with Crippen LogP contribution in [0.5, 0.6) is 0 Å². The number of nitrogens with one attached hydrogen (secondary N) is 2. The average molecular weight is 474 g/mol. The number of aromatic nitrogens is 1. The van der Waals surface area contributed by atoms with Crippen LogP contribution >= 0.6 is 0 Å². The van der Waals surface area contributed by atoms with E-state index in [0.717, 1.165) is 22.3 Å². The number of anilines is 1. The maximum Gasteiger partial charge on any atom is 0.407 e. The normalized spacial score (nSPS) is 13.0. The van der Waals surface area contributed by atoms with Crippen LogP contribution in [0.1, 0.15) is 47.7 Å². The second kappa shape index (κ2) is 10.4. The summed E-state index contributed by atoms with van der Waals surface area (Å²) in [5.74, 6) is -1.60. The van der Waals surface area contributed by atoms with Crippen molar-refractivity contribution >= 4 is 23.7 Å². The first-order valence-corrected chi connectivity index (χ1v) is 11.4. The van der Waals surface area contributed by atoms with Crippen LogP contribution in [0.2, 0.25) is 0 Å². The van der Waals surface area contributed by atoms with E-state index in [4.69, 9.17) is 9.84 Å². The summed E-state index contributed by atoms with van der Waals surface area (Å²) >= 11 is 0. The zero-order valence-corrected chi connectivity index (χ0v) is 19.5. The second-order valence-electron chi connectivity index (χ2n) is 8.91. The van der Waals surface area contributed by atoms with E-state index in [1.165, 1.54) is 18.5 Å². The Hall–Kier alpha value is -4.20. The van der Waals surface area contributed by atoms with Gasteiger partial charge in [-0.15, -0.1) is 0 Å². The summed E-state index contributed by atoms with van der Waals surface area (Å²) in [5.41, 5.74) is 4.65. The minimum atomic E-state index is -1.15. The third kappa shape index (κ3) is 5.48. The molecule has 4 rings (SSSR count). The molecule has 1 heterocycles. The van der Waals surface area contributed by atoms with E-state index in [0.29, 0.717) is 6.42 Å². The van der Waals surface area contributed by atoms with Crippen molar-refractivity contribution in [2.45, 2.75) is 32.2 Å². The van der Waals surface area contributed by atoms with Gasteiger partial charge in [-0.1, -0.05) is 62.4 Å². The topological polar surface area (TPSA) is 118 Å². The number of nitrogens with zero attached hydrogens (tertiary/aromatic N) is 1. The van der Waals surface area contributed by atoms with Crippen molar-refractivity contribution in [1.82, 2.24) is 10.3 Å². The smallest absolute Gasteiger partial charge is 0.407 e. The molecule has 35 heavy (non-hydrogen) atoms. The Morgan fingerprint density at radius 1 is 1.00 bits per heavy atom. The number of carbonyl (C=O) groups excluding carboxylic acids is 2. The zero-order valence-electron chi connectivity index (χ0n) is 19.5. The molecule has 0 spiro atoms. The fraction of sp³-hybridized carbons (Fsp3) is 0.259. The zero-order chi connectivity index (χ0) is 24.9. The maximum absolute atomic E-state index is 12.9. The van der Waals surface area contributed by atoms with E-state index in [9.17, 15) is 14.4 Å². The predicted octanol–water partition coefficient (Wildman–Crippen LogP) is 4.67. The molecule has 3 N–H and O–H groups in total. The fourth-order valence-corrected chi connectivity index (χ4v) is 4.34. The highest BCUT2D eigenvalue weighted by molar-refractivity contribution is 5.97. The number of benzene rings is 2. The van der Waals surface area contributed by atoms with E-state index in [1.807, 2.05) is 50.2 Å². The lowest BCUT2D eigenvalue weighted by molar-refractivity contribution is -0.118. The Morgan fingerprint density at radius 3 is 2.23 bits per heavy atom. The molecule has 1 aliphatic rings. The van der Waals surface area contributed by atoms with Crippen molar-refractivity contribution < 1.29 is 24.2 Å². The first-order valence-electron chi connectivity index (χ1n) is 11.4. The Balaban J connectivity index is 1.42. The number of carboxylic acids is 1. The average Bonchev–Trinajstić information content (AvgIpc) is 3.16. The highest BCUT2D eigenvalue weighted by Crippen LogP contribution is 2.44. The van der Waals surface area contributed by atoms with Crippen LogP contribution in [0.3, 0.4) is 0 Å². The summed E-state index contributed by atoms with van der Waals surface area (Å²) in [6.07, 6.45) is 2.23. The molecule has 1 unspecified atom stereocenters. The van der Waals surface area contributed by atoms with Crippen molar-refractivity contribution in [3.63, 3.8) is 0 Å². The number of alkyl carbamates (subject to hydrolysis) is 1. The van der Waals surface area contributed by atoms with Gasteiger partial charge in [-0.3, -0.25) is 9.78 Å². The molecule has 0 aliphatic heterocycles. The third-order valence-corrected chi connectivity index (χ3v) is 5.91. The van der Waals surface area contributed by atoms with Crippen LogP contribution in [-0.4, -0.2) is 40.7 Å². The maximum atomic E-state index is 12.9. The lowest BCUT2D eigenvalue weighted by atomic mass is 9.98. The molecule has 0 saturated carbocycles. The van der Waals surface area contributed by atoms with Crippen LogP contribution in [-0.2, 0) is 9.53 Å². The molecule has 0 fully saturated rings. The summed E-state index contributed by atoms with van der Waals surface area (Å²) in [7, 11) is 0. The van der Waals surface area contributed by atoms with Gasteiger partial charge in [0.05, 0.1) is 17.4 Å². The Labute approximate surface area is 203 Å². The van der Waals surface area contributed by atoms with Crippen LogP contribution in [0.4, 0.5) is 10.5 Å². The van der Waals surface area contributed by atoms with Crippen molar-refractivity contribution in [2.75, 3.05) is 11.9 Å². The van der Waals surface area contributed by atoms with Crippen molar-refractivity contribution in [3.05, 3.63) is 83.7 Å². The monoisotopic (exact) mass is 473 g/mol. The van der Waals surface area contributed by atoms with Gasteiger partial charge in [0, 0.05) is 12.1 Å². The van der Waals surface area contributed by atoms with Gasteiger partial charge in [-0.05, 0) is 40.7 Å². The molecule has 8 heteroatoms. The first-order chi connectivity index (χ1) is 16.8. The highest BCUT2D eigenvalue weighted by atomic mass is 16.5. The Morgan fingerprint density at radius 2 is 1.63 bits per heavy atom. The molecule has 2 amide bonds. The van der Waals surface area contributed by atoms with Crippen LogP contribution in [0.25, 0.3) is 11.1 Å².